The van der Waals surface area contributed by atoms with Crippen molar-refractivity contribution >= 4 is 17.3 Å². The molecule has 0 saturated heterocycles. The Labute approximate surface area is 56.3 Å². The lowest BCUT2D eigenvalue weighted by Gasteiger charge is -1.74. The van der Waals surface area contributed by atoms with Gasteiger partial charge in [-0.25, -0.2) is 0 Å². The first-order valence-corrected chi connectivity index (χ1v) is 2.85. The molecule has 2 N–H and O–H groups in total. The minimum Gasteiger partial charge on any atom is -0.357 e. The van der Waals surface area contributed by atoms with Gasteiger partial charge in [0.1, 0.15) is 11.2 Å². The fraction of sp³-hybridized carbons (Fsp3) is 0. The van der Waals surface area contributed by atoms with Crippen molar-refractivity contribution in [2.45, 2.75) is 0 Å². The second-order valence-corrected chi connectivity index (χ2v) is 1.93. The maximum Gasteiger partial charge on any atom is 0.185 e. The van der Waals surface area contributed by atoms with E-state index >= 15 is 0 Å². The lowest BCUT2D eigenvalue weighted by atomic mass is 10.4. The molecule has 0 bridgehead atoms. The molecule has 0 aromatic carbocycles. The van der Waals surface area contributed by atoms with Crippen LogP contribution in [0.5, 0.6) is 0 Å². The summed E-state index contributed by atoms with van der Waals surface area (Å²) < 4.78 is 4.85. The third-order valence-corrected chi connectivity index (χ3v) is 1.34. The maximum absolute atomic E-state index is 6.91. The van der Waals surface area contributed by atoms with E-state index in [0.29, 0.717) is 11.3 Å². The fourth-order valence-electron chi connectivity index (χ4n) is 0.874. The first kappa shape index (κ1) is 5.22. The molecule has 0 spiro atoms. The second-order valence-electron chi connectivity index (χ2n) is 1.93. The average Bonchev–Trinajstić information content (AvgIpc) is 2.44. The van der Waals surface area contributed by atoms with Gasteiger partial charge in [-0.3, -0.25) is 0 Å². The summed E-state index contributed by atoms with van der Waals surface area (Å²) in [6, 6.07) is 1.77. The number of rotatable bonds is 1. The molecule has 2 rings (SSSR count). The van der Waals surface area contributed by atoms with Gasteiger partial charge in [0, 0.05) is 18.5 Å². The Hall–Kier alpha value is -1.58. The first-order chi connectivity index (χ1) is 4.92. The van der Waals surface area contributed by atoms with E-state index in [9.17, 15) is 0 Å². The molecule has 4 nitrogen and oxygen atoms in total. The van der Waals surface area contributed by atoms with Gasteiger partial charge in [0.05, 0.1) is 0 Å². The molecule has 2 aromatic heterocycles. The Morgan fingerprint density at radius 3 is 3.40 bits per heavy atom. The lowest BCUT2D eigenvalue weighted by Crippen LogP contribution is -1.77. The zero-order chi connectivity index (χ0) is 6.97. The van der Waals surface area contributed by atoms with Gasteiger partial charge in [-0.2, -0.15) is 0 Å². The van der Waals surface area contributed by atoms with Crippen molar-refractivity contribution in [3.8, 4) is 0 Å². The summed E-state index contributed by atoms with van der Waals surface area (Å²) in [5, 5.41) is 10.5. The Kier molecular flexibility index (Phi) is 0.887. The molecule has 0 radical (unpaired) electrons. The molecule has 0 atom stereocenters. The molecule has 50 valence electrons. The van der Waals surface area contributed by atoms with E-state index in [2.05, 4.69) is 10.1 Å². The Morgan fingerprint density at radius 2 is 2.60 bits per heavy atom. The summed E-state index contributed by atoms with van der Waals surface area (Å²) in [6.07, 6.45) is 2.91. The molecule has 2 aromatic rings. The molecule has 0 aliphatic rings. The summed E-state index contributed by atoms with van der Waals surface area (Å²) in [7, 11) is 0. The number of nitrogens with one attached hydrogen (secondary N) is 2. The monoisotopic (exact) mass is 135 g/mol. The topological polar surface area (TPSA) is 65.7 Å². The number of fused-ring (bicyclic) bond motifs is 1. The standard InChI is InChI=1S/C6H5N3O/c7-3-4-6-5(10-9-4)1-2-8-6/h1-3,7-8H. The van der Waals surface area contributed by atoms with E-state index in [1.54, 1.807) is 12.3 Å². The van der Waals surface area contributed by atoms with Gasteiger partial charge in [0.15, 0.2) is 5.58 Å². The van der Waals surface area contributed by atoms with Crippen molar-refractivity contribution < 1.29 is 4.52 Å². The van der Waals surface area contributed by atoms with Crippen molar-refractivity contribution in [1.29, 1.82) is 5.41 Å². The predicted molar refractivity (Wildman–Crippen MR) is 36.2 cm³/mol. The molecular weight excluding hydrogens is 130 g/mol. The van der Waals surface area contributed by atoms with E-state index in [4.69, 9.17) is 9.93 Å². The van der Waals surface area contributed by atoms with Crippen molar-refractivity contribution in [1.82, 2.24) is 10.1 Å². The highest BCUT2D eigenvalue weighted by atomic mass is 16.5. The second kappa shape index (κ2) is 1.70. The van der Waals surface area contributed by atoms with Gasteiger partial charge in [-0.15, -0.1) is 0 Å². The van der Waals surface area contributed by atoms with Crippen LogP contribution in [0.2, 0.25) is 0 Å². The predicted octanol–water partition coefficient (Wildman–Crippen LogP) is 1.15. The molecule has 10 heavy (non-hydrogen) atoms. The molecule has 0 amide bonds. The van der Waals surface area contributed by atoms with E-state index < -0.39 is 0 Å². The van der Waals surface area contributed by atoms with Crippen LogP contribution in [0, 0.1) is 5.41 Å². The minimum atomic E-state index is 0.542. The van der Waals surface area contributed by atoms with Gasteiger partial charge >= 0.3 is 0 Å². The smallest absolute Gasteiger partial charge is 0.185 e. The van der Waals surface area contributed by atoms with Crippen LogP contribution >= 0.6 is 0 Å². The summed E-state index contributed by atoms with van der Waals surface area (Å²) >= 11 is 0. The van der Waals surface area contributed by atoms with Gasteiger partial charge in [0.25, 0.3) is 0 Å². The third kappa shape index (κ3) is 0.500. The van der Waals surface area contributed by atoms with Crippen LogP contribution in [0.4, 0.5) is 0 Å². The summed E-state index contributed by atoms with van der Waals surface area (Å²) in [4.78, 5) is 2.91. The molecular formula is C6H5N3O. The SMILES string of the molecule is N=Cc1noc2cc[nH]c12. The van der Waals surface area contributed by atoms with Crippen LogP contribution in [0.3, 0.4) is 0 Å². The van der Waals surface area contributed by atoms with Crippen LogP contribution in [-0.2, 0) is 0 Å². The Balaban J connectivity index is 2.88. The molecule has 4 heteroatoms. The highest BCUT2D eigenvalue weighted by molar-refractivity contribution is 5.92. The molecule has 0 fully saturated rings. The van der Waals surface area contributed by atoms with Crippen molar-refractivity contribution in [3.05, 3.63) is 18.0 Å². The molecule has 0 aliphatic carbocycles. The van der Waals surface area contributed by atoms with Crippen LogP contribution < -0.4 is 0 Å². The maximum atomic E-state index is 6.91. The molecule has 0 unspecified atom stereocenters. The van der Waals surface area contributed by atoms with E-state index in [-0.39, 0.29) is 0 Å². The molecule has 0 aliphatic heterocycles. The number of H-pyrrole nitrogens is 1. The first-order valence-electron chi connectivity index (χ1n) is 2.85. The Bertz CT molecular complexity index is 360. The van der Waals surface area contributed by atoms with Crippen molar-refractivity contribution in [2.24, 2.45) is 0 Å². The minimum absolute atomic E-state index is 0.542. The largest absolute Gasteiger partial charge is 0.357 e. The average molecular weight is 135 g/mol. The number of aromatic nitrogens is 2. The quantitative estimate of drug-likeness (QED) is 0.576. The summed E-state index contributed by atoms with van der Waals surface area (Å²) in [5.74, 6) is 0. The fourth-order valence-corrected chi connectivity index (χ4v) is 0.874. The van der Waals surface area contributed by atoms with Gasteiger partial charge in [0.2, 0.25) is 0 Å². The number of aromatic amines is 1. The van der Waals surface area contributed by atoms with Gasteiger partial charge < -0.3 is 14.9 Å². The van der Waals surface area contributed by atoms with E-state index in [1.165, 1.54) is 0 Å². The summed E-state index contributed by atoms with van der Waals surface area (Å²) in [6.45, 7) is 0. The lowest BCUT2D eigenvalue weighted by molar-refractivity contribution is 0.455. The van der Waals surface area contributed by atoms with E-state index in [0.717, 1.165) is 11.7 Å². The Morgan fingerprint density at radius 1 is 1.70 bits per heavy atom. The van der Waals surface area contributed by atoms with Crippen LogP contribution in [-0.4, -0.2) is 16.4 Å². The van der Waals surface area contributed by atoms with Crippen molar-refractivity contribution in [3.63, 3.8) is 0 Å². The number of hydrogen-bond acceptors (Lipinski definition) is 3. The molecule has 2 heterocycles. The van der Waals surface area contributed by atoms with Crippen LogP contribution in [0.1, 0.15) is 5.69 Å². The molecule has 0 saturated carbocycles. The van der Waals surface area contributed by atoms with Crippen LogP contribution in [0.25, 0.3) is 11.1 Å². The van der Waals surface area contributed by atoms with E-state index in [1.807, 2.05) is 0 Å². The summed E-state index contributed by atoms with van der Waals surface area (Å²) in [5.41, 5.74) is 2.02. The third-order valence-electron chi connectivity index (χ3n) is 1.34. The number of hydrogen-bond donors (Lipinski definition) is 2. The normalized spacial score (nSPS) is 10.4. The highest BCUT2D eigenvalue weighted by Gasteiger charge is 2.04. The van der Waals surface area contributed by atoms with Crippen molar-refractivity contribution in [2.75, 3.05) is 0 Å². The number of nitrogens with zero attached hydrogens (tertiary/aromatic N) is 1. The zero-order valence-corrected chi connectivity index (χ0v) is 5.09. The highest BCUT2D eigenvalue weighted by Crippen LogP contribution is 2.13. The van der Waals surface area contributed by atoms with Gasteiger partial charge in [-0.05, 0) is 0 Å². The van der Waals surface area contributed by atoms with Crippen LogP contribution in [0.15, 0.2) is 16.8 Å². The zero-order valence-electron chi connectivity index (χ0n) is 5.09. The van der Waals surface area contributed by atoms with Gasteiger partial charge in [-0.1, -0.05) is 5.16 Å².